The number of fused-ring (bicyclic) bond motifs is 1. The minimum Gasteiger partial charge on any atom is -0.347 e. The van der Waals surface area contributed by atoms with Crippen LogP contribution in [0.3, 0.4) is 0 Å². The zero-order valence-electron chi connectivity index (χ0n) is 14.3. The predicted octanol–water partition coefficient (Wildman–Crippen LogP) is 1.48. The molecule has 1 aromatic heterocycles. The maximum absolute atomic E-state index is 12.5. The fourth-order valence-electron chi connectivity index (χ4n) is 3.56. The largest absolute Gasteiger partial charge is 0.347 e. The quantitative estimate of drug-likeness (QED) is 0.877. The number of nitrogens with zero attached hydrogens (tertiary/aromatic N) is 3. The molecule has 26 heavy (non-hydrogen) atoms. The lowest BCUT2D eigenvalue weighted by atomic mass is 10.0. The Hall–Kier alpha value is -2.48. The standard InChI is InChI=1S/C18H20N4O3S/c23-18(21-14-7-9-26(24,25)11-14)15-10-17(20-12-19-15)22-8-3-5-13-4-1-2-6-16(13)22/h1-2,4,6,10,12,14H,3,5,7-9,11H2,(H,21,23). The lowest BCUT2D eigenvalue weighted by Gasteiger charge is -2.30. The van der Waals surface area contributed by atoms with Gasteiger partial charge in [0.25, 0.3) is 5.91 Å². The second-order valence-electron chi connectivity index (χ2n) is 6.72. The average molecular weight is 372 g/mol. The number of nitrogens with one attached hydrogen (secondary N) is 1. The van der Waals surface area contributed by atoms with Crippen molar-refractivity contribution >= 4 is 27.2 Å². The molecule has 2 aliphatic rings. The Kier molecular flexibility index (Phi) is 4.36. The van der Waals surface area contributed by atoms with Crippen molar-refractivity contribution in [1.82, 2.24) is 15.3 Å². The number of hydrogen-bond acceptors (Lipinski definition) is 6. The van der Waals surface area contributed by atoms with Crippen molar-refractivity contribution in [2.45, 2.75) is 25.3 Å². The third-order valence-corrected chi connectivity index (χ3v) is 6.61. The van der Waals surface area contributed by atoms with Gasteiger partial charge in [0, 0.05) is 24.3 Å². The summed E-state index contributed by atoms with van der Waals surface area (Å²) in [6, 6.07) is 9.50. The highest BCUT2D eigenvalue weighted by molar-refractivity contribution is 7.91. The van der Waals surface area contributed by atoms with Gasteiger partial charge in [0.1, 0.15) is 17.8 Å². The van der Waals surface area contributed by atoms with Gasteiger partial charge in [-0.15, -0.1) is 0 Å². The van der Waals surface area contributed by atoms with Gasteiger partial charge in [0.05, 0.1) is 11.5 Å². The summed E-state index contributed by atoms with van der Waals surface area (Å²) in [5.74, 6) is 0.436. The second-order valence-corrected chi connectivity index (χ2v) is 8.95. The molecule has 0 bridgehead atoms. The third kappa shape index (κ3) is 3.41. The second kappa shape index (κ2) is 6.68. The number of aryl methyl sites for hydroxylation is 1. The molecule has 3 heterocycles. The molecule has 8 heteroatoms. The Balaban J connectivity index is 1.55. The third-order valence-electron chi connectivity index (χ3n) is 4.84. The number of carbonyl (C=O) groups is 1. The van der Waals surface area contributed by atoms with E-state index in [0.717, 1.165) is 25.1 Å². The van der Waals surface area contributed by atoms with E-state index >= 15 is 0 Å². The number of amides is 1. The SMILES string of the molecule is O=C(NC1CCS(=O)(=O)C1)c1cc(N2CCCc3ccccc32)ncn1. The number of sulfone groups is 1. The van der Waals surface area contributed by atoms with E-state index in [4.69, 9.17) is 0 Å². The van der Waals surface area contributed by atoms with Crippen LogP contribution in [-0.4, -0.2) is 48.4 Å². The summed E-state index contributed by atoms with van der Waals surface area (Å²) in [7, 11) is -3.04. The van der Waals surface area contributed by atoms with Crippen LogP contribution in [0.15, 0.2) is 36.7 Å². The minimum absolute atomic E-state index is 0.00379. The molecular formula is C18H20N4O3S. The number of benzene rings is 1. The number of rotatable bonds is 3. The van der Waals surface area contributed by atoms with E-state index in [1.807, 2.05) is 12.1 Å². The molecule has 1 saturated heterocycles. The first-order valence-corrected chi connectivity index (χ1v) is 10.5. The van der Waals surface area contributed by atoms with E-state index in [0.29, 0.717) is 12.2 Å². The first-order valence-electron chi connectivity index (χ1n) is 8.71. The molecule has 1 atom stereocenters. The molecule has 1 fully saturated rings. The molecule has 7 nitrogen and oxygen atoms in total. The molecule has 1 amide bonds. The molecule has 2 aromatic rings. The van der Waals surface area contributed by atoms with Crippen LogP contribution in [-0.2, 0) is 16.3 Å². The zero-order valence-corrected chi connectivity index (χ0v) is 15.1. The summed E-state index contributed by atoms with van der Waals surface area (Å²) < 4.78 is 23.1. The smallest absolute Gasteiger partial charge is 0.270 e. The minimum atomic E-state index is -3.04. The van der Waals surface area contributed by atoms with E-state index < -0.39 is 9.84 Å². The van der Waals surface area contributed by atoms with Crippen molar-refractivity contribution < 1.29 is 13.2 Å². The van der Waals surface area contributed by atoms with Crippen molar-refractivity contribution in [1.29, 1.82) is 0 Å². The molecular weight excluding hydrogens is 352 g/mol. The summed E-state index contributed by atoms with van der Waals surface area (Å²) in [6.45, 7) is 0.829. The van der Waals surface area contributed by atoms with Gasteiger partial charge < -0.3 is 10.2 Å². The Labute approximate surface area is 152 Å². The number of hydrogen-bond donors (Lipinski definition) is 1. The molecule has 0 aliphatic carbocycles. The average Bonchev–Trinajstić information content (AvgIpc) is 2.99. The van der Waals surface area contributed by atoms with Crippen LogP contribution < -0.4 is 10.2 Å². The van der Waals surface area contributed by atoms with Crippen LogP contribution >= 0.6 is 0 Å². The van der Waals surface area contributed by atoms with Crippen LogP contribution in [0.25, 0.3) is 0 Å². The summed E-state index contributed by atoms with van der Waals surface area (Å²) in [6.07, 6.45) is 3.88. The predicted molar refractivity (Wildman–Crippen MR) is 98.3 cm³/mol. The van der Waals surface area contributed by atoms with Gasteiger partial charge in [-0.25, -0.2) is 18.4 Å². The number of para-hydroxylation sites is 1. The van der Waals surface area contributed by atoms with E-state index in [-0.39, 0.29) is 29.1 Å². The maximum Gasteiger partial charge on any atom is 0.270 e. The number of aromatic nitrogens is 2. The fourth-order valence-corrected chi connectivity index (χ4v) is 5.23. The molecule has 0 radical (unpaired) electrons. The van der Waals surface area contributed by atoms with Crippen molar-refractivity contribution in [2.75, 3.05) is 23.0 Å². The molecule has 0 saturated carbocycles. The van der Waals surface area contributed by atoms with Crippen LogP contribution in [0.2, 0.25) is 0 Å². The van der Waals surface area contributed by atoms with Gasteiger partial charge in [0.15, 0.2) is 9.84 Å². The van der Waals surface area contributed by atoms with Crippen LogP contribution in [0.4, 0.5) is 11.5 Å². The van der Waals surface area contributed by atoms with E-state index in [1.54, 1.807) is 6.07 Å². The van der Waals surface area contributed by atoms with Gasteiger partial charge in [0.2, 0.25) is 0 Å². The molecule has 136 valence electrons. The molecule has 4 rings (SSSR count). The highest BCUT2D eigenvalue weighted by Crippen LogP contribution is 2.32. The monoisotopic (exact) mass is 372 g/mol. The highest BCUT2D eigenvalue weighted by Gasteiger charge is 2.29. The maximum atomic E-state index is 12.5. The van der Waals surface area contributed by atoms with Crippen molar-refractivity contribution in [2.24, 2.45) is 0 Å². The number of anilines is 2. The van der Waals surface area contributed by atoms with Crippen LogP contribution in [0, 0.1) is 0 Å². The van der Waals surface area contributed by atoms with Gasteiger partial charge in [-0.2, -0.15) is 0 Å². The summed E-state index contributed by atoms with van der Waals surface area (Å²) in [5, 5.41) is 2.77. The van der Waals surface area contributed by atoms with Crippen LogP contribution in [0.1, 0.15) is 28.9 Å². The van der Waals surface area contributed by atoms with Crippen molar-refractivity contribution in [3.8, 4) is 0 Å². The van der Waals surface area contributed by atoms with Crippen molar-refractivity contribution in [3.05, 3.63) is 47.9 Å². The highest BCUT2D eigenvalue weighted by atomic mass is 32.2. The number of carbonyl (C=O) groups excluding carboxylic acids is 1. The van der Waals surface area contributed by atoms with E-state index in [9.17, 15) is 13.2 Å². The summed E-state index contributed by atoms with van der Waals surface area (Å²) in [5.41, 5.74) is 2.62. The molecule has 1 aromatic carbocycles. The summed E-state index contributed by atoms with van der Waals surface area (Å²) >= 11 is 0. The molecule has 1 unspecified atom stereocenters. The topological polar surface area (TPSA) is 92.3 Å². The fraction of sp³-hybridized carbons (Fsp3) is 0.389. The van der Waals surface area contributed by atoms with Crippen LogP contribution in [0.5, 0.6) is 0 Å². The molecule has 2 aliphatic heterocycles. The Bertz CT molecular complexity index is 945. The Morgan fingerprint density at radius 1 is 1.23 bits per heavy atom. The molecule has 0 spiro atoms. The Morgan fingerprint density at radius 2 is 2.08 bits per heavy atom. The Morgan fingerprint density at radius 3 is 2.88 bits per heavy atom. The lowest BCUT2D eigenvalue weighted by Crippen LogP contribution is -2.36. The lowest BCUT2D eigenvalue weighted by molar-refractivity contribution is 0.0936. The zero-order chi connectivity index (χ0) is 18.1. The van der Waals surface area contributed by atoms with Gasteiger partial charge in [-0.05, 0) is 30.9 Å². The molecule has 1 N–H and O–H groups in total. The van der Waals surface area contributed by atoms with Crippen molar-refractivity contribution in [3.63, 3.8) is 0 Å². The van der Waals surface area contributed by atoms with E-state index in [1.165, 1.54) is 11.9 Å². The van der Waals surface area contributed by atoms with E-state index in [2.05, 4.69) is 32.3 Å². The first kappa shape index (κ1) is 17.0. The van der Waals surface area contributed by atoms with Gasteiger partial charge >= 0.3 is 0 Å². The normalized spacial score (nSPS) is 21.2. The van der Waals surface area contributed by atoms with Gasteiger partial charge in [-0.1, -0.05) is 18.2 Å². The summed E-state index contributed by atoms with van der Waals surface area (Å²) in [4.78, 5) is 23.0. The first-order chi connectivity index (χ1) is 12.5. The van der Waals surface area contributed by atoms with Gasteiger partial charge in [-0.3, -0.25) is 4.79 Å².